The summed E-state index contributed by atoms with van der Waals surface area (Å²) in [7, 11) is 0. The van der Waals surface area contributed by atoms with Gasteiger partial charge in [0.2, 0.25) is 17.7 Å². The van der Waals surface area contributed by atoms with E-state index in [-0.39, 0.29) is 44.1 Å². The molecule has 3 amide bonds. The van der Waals surface area contributed by atoms with E-state index in [4.69, 9.17) is 17.2 Å². The lowest BCUT2D eigenvalue weighted by atomic mass is 10.00. The summed E-state index contributed by atoms with van der Waals surface area (Å²) in [6.45, 7) is 3.99. The van der Waals surface area contributed by atoms with Gasteiger partial charge in [0.05, 0.1) is 12.4 Å². The quantitative estimate of drug-likeness (QED) is 0.0669. The number of nitrogens with zero attached hydrogens (tertiary/aromatic N) is 2. The van der Waals surface area contributed by atoms with Crippen LogP contribution in [0.15, 0.2) is 47.8 Å². The molecule has 14 nitrogen and oxygen atoms in total. The SMILES string of the molecule is CC(C)CC(NC(=O)C(N)Cc1cnc[nH]1)C(=O)NC(Cc1ccccc1)C(=O)NC(CCCN=C(N)N)C(=O)O. The number of carbonyl (C=O) groups is 4. The first-order chi connectivity index (χ1) is 19.5. The van der Waals surface area contributed by atoms with Crippen molar-refractivity contribution in [2.24, 2.45) is 28.1 Å². The maximum atomic E-state index is 13.4. The van der Waals surface area contributed by atoms with E-state index in [1.807, 2.05) is 19.9 Å². The van der Waals surface area contributed by atoms with E-state index >= 15 is 0 Å². The van der Waals surface area contributed by atoms with Gasteiger partial charge in [-0.1, -0.05) is 44.2 Å². The second-order valence-electron chi connectivity index (χ2n) is 10.2. The summed E-state index contributed by atoms with van der Waals surface area (Å²) in [5.74, 6) is -3.12. The number of carbonyl (C=O) groups excluding carboxylic acids is 3. The van der Waals surface area contributed by atoms with Crippen LogP contribution in [-0.4, -0.2) is 75.4 Å². The molecule has 0 aliphatic rings. The fourth-order valence-corrected chi connectivity index (χ4v) is 4.07. The highest BCUT2D eigenvalue weighted by Crippen LogP contribution is 2.10. The number of hydrogen-bond donors (Lipinski definition) is 8. The molecule has 2 aromatic rings. The number of aromatic amines is 1. The topological polar surface area (TPSA) is 244 Å². The Bertz CT molecular complexity index is 1150. The van der Waals surface area contributed by atoms with Crippen LogP contribution in [-0.2, 0) is 32.0 Å². The molecule has 4 atom stereocenters. The molecule has 0 aliphatic heterocycles. The number of benzene rings is 1. The minimum atomic E-state index is -1.23. The minimum Gasteiger partial charge on any atom is -0.480 e. The van der Waals surface area contributed by atoms with Crippen molar-refractivity contribution in [2.75, 3.05) is 6.54 Å². The Balaban J connectivity index is 2.17. The van der Waals surface area contributed by atoms with Gasteiger partial charge in [-0.3, -0.25) is 19.4 Å². The zero-order valence-corrected chi connectivity index (χ0v) is 23.4. The molecule has 0 aliphatic carbocycles. The lowest BCUT2D eigenvalue weighted by molar-refractivity contribution is -0.142. The molecule has 0 radical (unpaired) electrons. The van der Waals surface area contributed by atoms with Crippen LogP contribution in [0.5, 0.6) is 0 Å². The number of H-pyrrole nitrogens is 1. The monoisotopic (exact) mass is 571 g/mol. The fraction of sp³-hybridized carbons (Fsp3) is 0.481. The smallest absolute Gasteiger partial charge is 0.326 e. The van der Waals surface area contributed by atoms with Crippen LogP contribution in [0.2, 0.25) is 0 Å². The summed E-state index contributed by atoms with van der Waals surface area (Å²) in [5, 5.41) is 17.6. The van der Waals surface area contributed by atoms with Gasteiger partial charge in [-0.05, 0) is 30.7 Å². The number of hydrogen-bond acceptors (Lipinski definition) is 7. The van der Waals surface area contributed by atoms with Crippen LogP contribution in [0.4, 0.5) is 0 Å². The van der Waals surface area contributed by atoms with Gasteiger partial charge in [0.25, 0.3) is 0 Å². The Morgan fingerprint density at radius 3 is 2.17 bits per heavy atom. The molecule has 0 fully saturated rings. The molecule has 11 N–H and O–H groups in total. The highest BCUT2D eigenvalue weighted by atomic mass is 16.4. The molecule has 0 saturated carbocycles. The summed E-state index contributed by atoms with van der Waals surface area (Å²) < 4.78 is 0. The van der Waals surface area contributed by atoms with Crippen molar-refractivity contribution in [3.8, 4) is 0 Å². The number of guanidine groups is 1. The third-order valence-electron chi connectivity index (χ3n) is 6.15. The van der Waals surface area contributed by atoms with E-state index in [2.05, 4.69) is 30.9 Å². The van der Waals surface area contributed by atoms with Crippen molar-refractivity contribution in [3.05, 3.63) is 54.1 Å². The van der Waals surface area contributed by atoms with Crippen LogP contribution >= 0.6 is 0 Å². The first-order valence-electron chi connectivity index (χ1n) is 13.4. The zero-order valence-electron chi connectivity index (χ0n) is 23.4. The Hall–Kier alpha value is -4.46. The van der Waals surface area contributed by atoms with Crippen LogP contribution in [0.25, 0.3) is 0 Å². The standard InChI is InChI=1S/C27H41N9O5/c1-16(2)11-21(35-23(37)19(28)13-18-14-31-15-33-18)24(38)36-22(12-17-7-4-3-5-8-17)25(39)34-20(26(40)41)9-6-10-32-27(29)30/h3-5,7-8,14-16,19-22H,6,9-13,28H2,1-2H3,(H,31,33)(H,34,39)(H,35,37)(H,36,38)(H,40,41)(H4,29,30,32). The minimum absolute atomic E-state index is 0.0258. The van der Waals surface area contributed by atoms with Gasteiger partial charge in [-0.2, -0.15) is 0 Å². The third kappa shape index (κ3) is 12.1. The molecular weight excluding hydrogens is 530 g/mol. The number of imidazole rings is 1. The van der Waals surface area contributed by atoms with Gasteiger partial charge in [0.15, 0.2) is 5.96 Å². The van der Waals surface area contributed by atoms with E-state index < -0.39 is 47.9 Å². The van der Waals surface area contributed by atoms with Crippen molar-refractivity contribution in [1.29, 1.82) is 0 Å². The maximum Gasteiger partial charge on any atom is 0.326 e. The van der Waals surface area contributed by atoms with Crippen LogP contribution in [0, 0.1) is 5.92 Å². The van der Waals surface area contributed by atoms with Crippen molar-refractivity contribution in [2.45, 2.75) is 70.1 Å². The molecule has 0 spiro atoms. The van der Waals surface area contributed by atoms with E-state index in [0.29, 0.717) is 12.1 Å². The van der Waals surface area contributed by atoms with Gasteiger partial charge < -0.3 is 43.2 Å². The Kier molecular flexibility index (Phi) is 13.3. The van der Waals surface area contributed by atoms with E-state index in [9.17, 15) is 24.3 Å². The molecule has 1 aromatic heterocycles. The molecule has 0 saturated heterocycles. The second kappa shape index (κ2) is 16.6. The van der Waals surface area contributed by atoms with Gasteiger partial charge >= 0.3 is 5.97 Å². The molecule has 224 valence electrons. The Morgan fingerprint density at radius 2 is 1.59 bits per heavy atom. The molecule has 1 aromatic carbocycles. The molecule has 2 rings (SSSR count). The van der Waals surface area contributed by atoms with Crippen LogP contribution in [0.3, 0.4) is 0 Å². The normalized spacial score (nSPS) is 13.9. The molecule has 41 heavy (non-hydrogen) atoms. The van der Waals surface area contributed by atoms with Crippen molar-refractivity contribution in [3.63, 3.8) is 0 Å². The number of rotatable bonds is 17. The summed E-state index contributed by atoms with van der Waals surface area (Å²) in [6, 6.07) is 4.73. The first kappa shape index (κ1) is 32.8. The van der Waals surface area contributed by atoms with E-state index in [1.165, 1.54) is 6.33 Å². The van der Waals surface area contributed by atoms with Crippen LogP contribution < -0.4 is 33.2 Å². The van der Waals surface area contributed by atoms with Gasteiger partial charge in [0.1, 0.15) is 18.1 Å². The Labute approximate surface area is 238 Å². The number of aromatic nitrogens is 2. The molecular formula is C27H41N9O5. The summed E-state index contributed by atoms with van der Waals surface area (Å²) in [6.07, 6.45) is 4.00. The zero-order chi connectivity index (χ0) is 30.4. The predicted octanol–water partition coefficient (Wildman–Crippen LogP) is -0.839. The van der Waals surface area contributed by atoms with Crippen molar-refractivity contribution < 1.29 is 24.3 Å². The molecule has 14 heteroatoms. The average molecular weight is 572 g/mol. The lowest BCUT2D eigenvalue weighted by Crippen LogP contribution is -2.58. The first-order valence-corrected chi connectivity index (χ1v) is 13.4. The van der Waals surface area contributed by atoms with E-state index in [0.717, 1.165) is 5.56 Å². The van der Waals surface area contributed by atoms with Crippen molar-refractivity contribution >= 4 is 29.7 Å². The number of aliphatic imine (C=N–C) groups is 1. The van der Waals surface area contributed by atoms with Gasteiger partial charge in [0, 0.05) is 31.3 Å². The van der Waals surface area contributed by atoms with Crippen molar-refractivity contribution in [1.82, 2.24) is 25.9 Å². The third-order valence-corrected chi connectivity index (χ3v) is 6.15. The predicted molar refractivity (Wildman–Crippen MR) is 153 cm³/mol. The highest BCUT2D eigenvalue weighted by molar-refractivity contribution is 5.94. The fourth-order valence-electron chi connectivity index (χ4n) is 4.07. The summed E-state index contributed by atoms with van der Waals surface area (Å²) in [4.78, 5) is 62.1. The van der Waals surface area contributed by atoms with Crippen LogP contribution in [0.1, 0.15) is 44.4 Å². The van der Waals surface area contributed by atoms with Gasteiger partial charge in [-0.25, -0.2) is 9.78 Å². The molecule has 4 unspecified atom stereocenters. The average Bonchev–Trinajstić information content (AvgIpc) is 3.42. The number of amides is 3. The lowest BCUT2D eigenvalue weighted by Gasteiger charge is -2.26. The number of nitrogens with two attached hydrogens (primary N) is 3. The summed E-state index contributed by atoms with van der Waals surface area (Å²) >= 11 is 0. The number of nitrogens with one attached hydrogen (secondary N) is 4. The summed E-state index contributed by atoms with van der Waals surface area (Å²) in [5.41, 5.74) is 18.1. The largest absolute Gasteiger partial charge is 0.480 e. The molecule has 1 heterocycles. The second-order valence-corrected chi connectivity index (χ2v) is 10.2. The Morgan fingerprint density at radius 1 is 0.951 bits per heavy atom. The number of carboxylic acid groups (broad SMARTS) is 1. The van der Waals surface area contributed by atoms with E-state index in [1.54, 1.807) is 30.5 Å². The number of carboxylic acids is 1. The van der Waals surface area contributed by atoms with Gasteiger partial charge in [-0.15, -0.1) is 0 Å². The highest BCUT2D eigenvalue weighted by Gasteiger charge is 2.31. The maximum absolute atomic E-state index is 13.4. The number of aliphatic carboxylic acids is 1. The molecule has 0 bridgehead atoms.